The van der Waals surface area contributed by atoms with Gasteiger partial charge < -0.3 is 4.18 Å². The minimum atomic E-state index is -4.34. The van der Waals surface area contributed by atoms with Crippen molar-refractivity contribution in [2.75, 3.05) is 0 Å². The molecule has 21 heavy (non-hydrogen) atoms. The number of nitro benzene ring substituents is 1. The van der Waals surface area contributed by atoms with Crippen molar-refractivity contribution in [1.29, 1.82) is 0 Å². The van der Waals surface area contributed by atoms with Crippen LogP contribution in [-0.4, -0.2) is 13.3 Å². The molecule has 2 rings (SSSR count). The molecule has 0 aliphatic rings. The van der Waals surface area contributed by atoms with Gasteiger partial charge in [-0.15, -0.1) is 0 Å². The summed E-state index contributed by atoms with van der Waals surface area (Å²) in [5, 5.41) is 10.3. The van der Waals surface area contributed by atoms with E-state index in [1.165, 1.54) is 0 Å². The second kappa shape index (κ2) is 5.66. The average Bonchev–Trinajstić information content (AvgIpc) is 2.41. The van der Waals surface area contributed by atoms with Crippen molar-refractivity contribution in [3.63, 3.8) is 0 Å². The summed E-state index contributed by atoms with van der Waals surface area (Å²) in [6.07, 6.45) is 0. The van der Waals surface area contributed by atoms with Crippen LogP contribution in [0.25, 0.3) is 0 Å². The molecule has 0 atom stereocenters. The summed E-state index contributed by atoms with van der Waals surface area (Å²) in [6, 6.07) is 7.21. The molecule has 0 spiro atoms. The molecule has 0 heterocycles. The zero-order chi connectivity index (χ0) is 15.6. The Balaban J connectivity index is 2.33. The molecule has 0 aliphatic heterocycles. The SMILES string of the molecule is O=[N+]([O-])c1ccc(OS(=O)(=O)c2cc(F)ccc2Cl)cc1. The van der Waals surface area contributed by atoms with Gasteiger partial charge in [-0.25, -0.2) is 4.39 Å². The predicted molar refractivity (Wildman–Crippen MR) is 72.3 cm³/mol. The number of hydrogen-bond acceptors (Lipinski definition) is 5. The van der Waals surface area contributed by atoms with Crippen molar-refractivity contribution in [2.45, 2.75) is 4.90 Å². The number of non-ortho nitro benzene ring substituents is 1. The van der Waals surface area contributed by atoms with Gasteiger partial charge >= 0.3 is 10.1 Å². The molecular weight excluding hydrogens is 325 g/mol. The molecule has 0 aromatic heterocycles. The highest BCUT2D eigenvalue weighted by atomic mass is 35.5. The number of hydrogen-bond donors (Lipinski definition) is 0. The van der Waals surface area contributed by atoms with Crippen molar-refractivity contribution in [3.05, 3.63) is 63.4 Å². The Hall–Kier alpha value is -2.19. The van der Waals surface area contributed by atoms with E-state index in [1.54, 1.807) is 0 Å². The Labute approximate surface area is 124 Å². The van der Waals surface area contributed by atoms with Crippen molar-refractivity contribution >= 4 is 27.4 Å². The second-order valence-corrected chi connectivity index (χ2v) is 5.79. The zero-order valence-electron chi connectivity index (χ0n) is 10.2. The molecule has 0 saturated heterocycles. The Morgan fingerprint density at radius 3 is 2.33 bits per heavy atom. The van der Waals surface area contributed by atoms with E-state index in [0.29, 0.717) is 0 Å². The van der Waals surface area contributed by atoms with E-state index in [1.807, 2.05) is 0 Å². The van der Waals surface area contributed by atoms with E-state index in [-0.39, 0.29) is 16.5 Å². The van der Waals surface area contributed by atoms with Crippen LogP contribution in [-0.2, 0) is 10.1 Å². The lowest BCUT2D eigenvalue weighted by Gasteiger charge is -2.08. The monoisotopic (exact) mass is 331 g/mol. The maximum atomic E-state index is 13.1. The van der Waals surface area contributed by atoms with E-state index in [2.05, 4.69) is 0 Å². The fraction of sp³-hybridized carbons (Fsp3) is 0. The first kappa shape index (κ1) is 15.2. The van der Waals surface area contributed by atoms with Gasteiger partial charge in [0, 0.05) is 12.1 Å². The Morgan fingerprint density at radius 1 is 1.14 bits per heavy atom. The van der Waals surface area contributed by atoms with Gasteiger partial charge in [0.25, 0.3) is 5.69 Å². The quantitative estimate of drug-likeness (QED) is 0.488. The maximum absolute atomic E-state index is 13.1. The van der Waals surface area contributed by atoms with Crippen LogP contribution >= 0.6 is 11.6 Å². The molecule has 9 heteroatoms. The zero-order valence-corrected chi connectivity index (χ0v) is 11.8. The number of nitrogens with zero attached hydrogens (tertiary/aromatic N) is 1. The van der Waals surface area contributed by atoms with Crippen LogP contribution in [0, 0.1) is 15.9 Å². The van der Waals surface area contributed by atoms with Crippen LogP contribution in [0.2, 0.25) is 5.02 Å². The number of rotatable bonds is 4. The summed E-state index contributed by atoms with van der Waals surface area (Å²) >= 11 is 5.70. The molecule has 0 N–H and O–H groups in total. The molecule has 0 saturated carbocycles. The summed E-state index contributed by atoms with van der Waals surface area (Å²) < 4.78 is 41.8. The highest BCUT2D eigenvalue weighted by Gasteiger charge is 2.21. The van der Waals surface area contributed by atoms with E-state index >= 15 is 0 Å². The number of halogens is 2. The lowest BCUT2D eigenvalue weighted by Crippen LogP contribution is -2.10. The van der Waals surface area contributed by atoms with E-state index in [4.69, 9.17) is 15.8 Å². The van der Waals surface area contributed by atoms with Crippen molar-refractivity contribution in [1.82, 2.24) is 0 Å². The molecule has 6 nitrogen and oxygen atoms in total. The van der Waals surface area contributed by atoms with Gasteiger partial charge in [0.15, 0.2) is 0 Å². The molecular formula is C12H7ClFNO5S. The fourth-order valence-corrected chi connectivity index (χ4v) is 2.88. The second-order valence-electron chi connectivity index (χ2n) is 3.86. The molecule has 0 radical (unpaired) electrons. The normalized spacial score (nSPS) is 11.1. The highest BCUT2D eigenvalue weighted by Crippen LogP contribution is 2.26. The fourth-order valence-electron chi connectivity index (χ4n) is 1.46. The van der Waals surface area contributed by atoms with Crippen LogP contribution in [0.5, 0.6) is 5.75 Å². The topological polar surface area (TPSA) is 86.5 Å². The standard InChI is InChI=1S/C12H7ClFNO5S/c13-11-6-1-8(14)7-12(11)21(18,19)20-10-4-2-9(3-5-10)15(16)17/h1-7H. The lowest BCUT2D eigenvalue weighted by atomic mass is 10.3. The minimum Gasteiger partial charge on any atom is -0.379 e. The summed E-state index contributed by atoms with van der Waals surface area (Å²) in [6.45, 7) is 0. The van der Waals surface area contributed by atoms with Gasteiger partial charge in [0.1, 0.15) is 16.5 Å². The van der Waals surface area contributed by atoms with Gasteiger partial charge in [-0.05, 0) is 30.3 Å². The predicted octanol–water partition coefficient (Wildman–Crippen LogP) is 3.16. The van der Waals surface area contributed by atoms with Gasteiger partial charge in [-0.1, -0.05) is 11.6 Å². The van der Waals surface area contributed by atoms with Crippen molar-refractivity contribution < 1.29 is 21.9 Å². The molecule has 0 amide bonds. The Kier molecular flexibility index (Phi) is 4.10. The number of nitro groups is 1. The third kappa shape index (κ3) is 3.47. The third-order valence-electron chi connectivity index (χ3n) is 2.42. The molecule has 2 aromatic carbocycles. The summed E-state index contributed by atoms with van der Waals surface area (Å²) in [4.78, 5) is 9.33. The van der Waals surface area contributed by atoms with Crippen molar-refractivity contribution in [2.24, 2.45) is 0 Å². The lowest BCUT2D eigenvalue weighted by molar-refractivity contribution is -0.384. The van der Waals surface area contributed by atoms with Crippen LogP contribution in [0.1, 0.15) is 0 Å². The van der Waals surface area contributed by atoms with Gasteiger partial charge in [0.05, 0.1) is 9.95 Å². The Bertz CT molecular complexity index is 792. The van der Waals surface area contributed by atoms with E-state index < -0.39 is 25.8 Å². The highest BCUT2D eigenvalue weighted by molar-refractivity contribution is 7.87. The first-order chi connectivity index (χ1) is 9.79. The summed E-state index contributed by atoms with van der Waals surface area (Å²) in [5.74, 6) is -0.939. The average molecular weight is 332 g/mol. The molecule has 0 aliphatic carbocycles. The largest absolute Gasteiger partial charge is 0.379 e. The van der Waals surface area contributed by atoms with E-state index in [9.17, 15) is 22.9 Å². The van der Waals surface area contributed by atoms with Crippen LogP contribution < -0.4 is 4.18 Å². The molecule has 0 bridgehead atoms. The van der Waals surface area contributed by atoms with Crippen molar-refractivity contribution in [3.8, 4) is 5.75 Å². The van der Waals surface area contributed by atoms with E-state index in [0.717, 1.165) is 42.5 Å². The third-order valence-corrected chi connectivity index (χ3v) is 4.15. The molecule has 0 unspecified atom stereocenters. The van der Waals surface area contributed by atoms with Crippen LogP contribution in [0.4, 0.5) is 10.1 Å². The Morgan fingerprint density at radius 2 is 1.76 bits per heavy atom. The smallest absolute Gasteiger partial charge is 0.340 e. The number of benzene rings is 2. The first-order valence-corrected chi connectivity index (χ1v) is 7.22. The molecule has 2 aromatic rings. The molecule has 0 fully saturated rings. The minimum absolute atomic E-state index is 0.152. The summed E-state index contributed by atoms with van der Waals surface area (Å²) in [5.41, 5.74) is -0.219. The molecule has 110 valence electrons. The van der Waals surface area contributed by atoms with Gasteiger partial charge in [0.2, 0.25) is 0 Å². The first-order valence-electron chi connectivity index (χ1n) is 5.43. The van der Waals surface area contributed by atoms with Crippen LogP contribution in [0.3, 0.4) is 0 Å². The maximum Gasteiger partial charge on any atom is 0.340 e. The van der Waals surface area contributed by atoms with Gasteiger partial charge in [-0.3, -0.25) is 10.1 Å². The van der Waals surface area contributed by atoms with Gasteiger partial charge in [-0.2, -0.15) is 8.42 Å². The van der Waals surface area contributed by atoms with Crippen LogP contribution in [0.15, 0.2) is 47.4 Å². The summed E-state index contributed by atoms with van der Waals surface area (Å²) in [7, 11) is -4.34.